The molecule has 1 unspecified atom stereocenters. The van der Waals surface area contributed by atoms with E-state index < -0.39 is 40.5 Å². The smallest absolute Gasteiger partial charge is 0.338 e. The molecule has 13 heteroatoms. The zero-order chi connectivity index (χ0) is 19.3. The number of carbonyl (C=O) groups is 1. The van der Waals surface area contributed by atoms with Gasteiger partial charge in [-0.3, -0.25) is 30.9 Å². The van der Waals surface area contributed by atoms with E-state index >= 15 is 0 Å². The third-order valence-corrected chi connectivity index (χ3v) is 3.83. The summed E-state index contributed by atoms with van der Waals surface area (Å²) in [6.45, 7) is -0.404. The Morgan fingerprint density at radius 2 is 1.81 bits per heavy atom. The molecule has 0 aromatic heterocycles. The Hall–Kier alpha value is -2.23. The van der Waals surface area contributed by atoms with E-state index in [0.717, 1.165) is 0 Å². The summed E-state index contributed by atoms with van der Waals surface area (Å²) in [5, 5.41) is 44.0. The van der Waals surface area contributed by atoms with Gasteiger partial charge in [0.1, 0.15) is 18.8 Å². The lowest BCUT2D eigenvalue weighted by molar-refractivity contribution is -0.531. The van der Waals surface area contributed by atoms with Gasteiger partial charge in [-0.05, 0) is 30.9 Å². The predicted molar refractivity (Wildman–Crippen MR) is 76.7 cm³/mol. The van der Waals surface area contributed by atoms with Gasteiger partial charge in [0.05, 0.1) is 21.3 Å². The molecule has 0 heterocycles. The molecule has 0 spiro atoms. The van der Waals surface area contributed by atoms with Crippen LogP contribution >= 0.6 is 0 Å². The molecule has 1 aliphatic carbocycles. The molecule has 0 aliphatic heterocycles. The minimum Gasteiger partial charge on any atom is -0.459 e. The molecule has 1 aliphatic rings. The summed E-state index contributed by atoms with van der Waals surface area (Å²) < 4.78 is 5.23. The number of rotatable bonds is 9. The van der Waals surface area contributed by atoms with E-state index in [1.54, 1.807) is 0 Å². The highest BCUT2D eigenvalue weighted by atomic mass is 17.1. The Morgan fingerprint density at radius 1 is 1.19 bits per heavy atom. The molecule has 0 amide bonds. The number of nitrogens with zero attached hydrogens (tertiary/aromatic N) is 3. The highest BCUT2D eigenvalue weighted by molar-refractivity contribution is 5.89. The molecule has 0 radical (unpaired) electrons. The summed E-state index contributed by atoms with van der Waals surface area (Å²) in [7, 11) is 0. The number of hydrogen-bond acceptors (Lipinski definition) is 12. The normalized spacial score (nSPS) is 20.7. The van der Waals surface area contributed by atoms with Crippen LogP contribution in [0, 0.1) is 16.0 Å². The number of hydrogen-bond donors (Lipinski definition) is 4. The van der Waals surface area contributed by atoms with Gasteiger partial charge in [0.2, 0.25) is 0 Å². The van der Waals surface area contributed by atoms with Crippen molar-refractivity contribution in [1.29, 1.82) is 0 Å². The number of benzene rings is 1. The van der Waals surface area contributed by atoms with E-state index in [1.807, 2.05) is 0 Å². The number of esters is 1. The second kappa shape index (κ2) is 8.93. The van der Waals surface area contributed by atoms with Crippen LogP contribution in [0.3, 0.4) is 0 Å². The van der Waals surface area contributed by atoms with Gasteiger partial charge < -0.3 is 4.74 Å². The summed E-state index contributed by atoms with van der Waals surface area (Å²) in [5.74, 6) is -0.966. The molecular weight excluding hydrogens is 358 g/mol. The fraction of sp³-hybridized carbons (Fsp3) is 0.462. The second-order valence-electron chi connectivity index (χ2n) is 5.51. The lowest BCUT2D eigenvalue weighted by Gasteiger charge is -2.39. The van der Waals surface area contributed by atoms with Gasteiger partial charge in [-0.15, -0.1) is 0 Å². The van der Waals surface area contributed by atoms with Crippen molar-refractivity contribution in [3.63, 3.8) is 0 Å². The first kappa shape index (κ1) is 20.1. The molecule has 1 aromatic rings. The van der Waals surface area contributed by atoms with E-state index in [-0.39, 0.29) is 17.2 Å². The maximum Gasteiger partial charge on any atom is 0.338 e. The highest BCUT2D eigenvalue weighted by Crippen LogP contribution is 2.35. The average Bonchev–Trinajstić information content (AvgIpc) is 2.54. The van der Waals surface area contributed by atoms with Crippen LogP contribution in [0.4, 0.5) is 5.69 Å². The standard InChI is InChI=1S/C13H17N3O10/c17-13(8-1-3-10(4-2-8)14(18)19)25-11-5-9(6-11)12(26-16(22)23)7-24-15(20)21/h1-4,9,11-12,20-23H,5-7H2. The van der Waals surface area contributed by atoms with E-state index in [0.29, 0.717) is 12.8 Å². The Bertz CT molecular complexity index is 617. The number of carbonyl (C=O) groups excluding carboxylic acids is 1. The molecule has 0 bridgehead atoms. The van der Waals surface area contributed by atoms with Crippen LogP contribution in [0.5, 0.6) is 0 Å². The van der Waals surface area contributed by atoms with Crippen LogP contribution in [-0.2, 0) is 14.4 Å². The lowest BCUT2D eigenvalue weighted by Crippen LogP contribution is -2.45. The number of ether oxygens (including phenoxy) is 1. The third-order valence-electron chi connectivity index (χ3n) is 3.83. The van der Waals surface area contributed by atoms with Crippen molar-refractivity contribution in [3.8, 4) is 0 Å². The van der Waals surface area contributed by atoms with E-state index in [1.165, 1.54) is 24.3 Å². The Morgan fingerprint density at radius 3 is 2.31 bits per heavy atom. The molecule has 144 valence electrons. The molecule has 2 rings (SSSR count). The quantitative estimate of drug-likeness (QED) is 0.273. The molecule has 1 atom stereocenters. The Kier molecular flexibility index (Phi) is 6.90. The van der Waals surface area contributed by atoms with Crippen LogP contribution in [-0.4, -0.2) is 61.3 Å². The molecule has 1 saturated carbocycles. The molecule has 1 aromatic carbocycles. The van der Waals surface area contributed by atoms with Gasteiger partial charge in [0.25, 0.3) is 5.69 Å². The topological polar surface area (TPSA) is 175 Å². The van der Waals surface area contributed by atoms with E-state index in [2.05, 4.69) is 9.68 Å². The lowest BCUT2D eigenvalue weighted by atomic mass is 9.78. The van der Waals surface area contributed by atoms with Gasteiger partial charge in [-0.25, -0.2) is 14.5 Å². The number of nitro benzene ring substituents is 1. The predicted octanol–water partition coefficient (Wildman–Crippen LogP) is 0.923. The second-order valence-corrected chi connectivity index (χ2v) is 5.51. The number of non-ortho nitro benzene ring substituents is 1. The number of nitro groups is 1. The molecule has 26 heavy (non-hydrogen) atoms. The fourth-order valence-corrected chi connectivity index (χ4v) is 2.46. The van der Waals surface area contributed by atoms with Crippen molar-refractivity contribution >= 4 is 11.7 Å². The minimum absolute atomic E-state index is 0.148. The first-order valence-electron chi connectivity index (χ1n) is 7.37. The first-order valence-corrected chi connectivity index (χ1v) is 7.37. The first-order chi connectivity index (χ1) is 12.3. The molecule has 0 saturated heterocycles. The summed E-state index contributed by atoms with van der Waals surface area (Å²) >= 11 is 0. The van der Waals surface area contributed by atoms with Crippen LogP contribution in [0.2, 0.25) is 0 Å². The Labute approximate surface area is 146 Å². The van der Waals surface area contributed by atoms with Crippen molar-refractivity contribution in [2.75, 3.05) is 6.61 Å². The van der Waals surface area contributed by atoms with Gasteiger partial charge in [-0.1, -0.05) is 0 Å². The zero-order valence-corrected chi connectivity index (χ0v) is 13.2. The summed E-state index contributed by atoms with van der Waals surface area (Å²) in [6.07, 6.45) is -0.811. The molecule has 13 nitrogen and oxygen atoms in total. The molecule has 4 N–H and O–H groups in total. The highest BCUT2D eigenvalue weighted by Gasteiger charge is 2.39. The van der Waals surface area contributed by atoms with Crippen molar-refractivity contribution in [2.24, 2.45) is 5.92 Å². The SMILES string of the molecule is O=C(OC1CC(C(CON(O)O)ON(O)O)C1)c1ccc([N+](=O)[O-])cc1. The fourth-order valence-electron chi connectivity index (χ4n) is 2.46. The van der Waals surface area contributed by atoms with Gasteiger partial charge in [-0.2, -0.15) is 0 Å². The van der Waals surface area contributed by atoms with Crippen molar-refractivity contribution in [3.05, 3.63) is 39.9 Å². The summed E-state index contributed by atoms with van der Waals surface area (Å²) in [6, 6.07) is 4.94. The van der Waals surface area contributed by atoms with Crippen molar-refractivity contribution in [2.45, 2.75) is 25.0 Å². The van der Waals surface area contributed by atoms with Gasteiger partial charge in [0.15, 0.2) is 0 Å². The van der Waals surface area contributed by atoms with Crippen molar-refractivity contribution < 1.29 is 45.0 Å². The molecular formula is C13H17N3O10. The molecule has 1 fully saturated rings. The third kappa shape index (κ3) is 5.65. The van der Waals surface area contributed by atoms with E-state index in [9.17, 15) is 14.9 Å². The largest absolute Gasteiger partial charge is 0.459 e. The van der Waals surface area contributed by atoms with Gasteiger partial charge in [0, 0.05) is 12.1 Å². The summed E-state index contributed by atoms with van der Waals surface area (Å²) in [5.41, 5.74) is 0.00731. The maximum absolute atomic E-state index is 12.0. The monoisotopic (exact) mass is 375 g/mol. The van der Waals surface area contributed by atoms with Crippen LogP contribution in [0.1, 0.15) is 23.2 Å². The maximum atomic E-state index is 12.0. The Balaban J connectivity index is 1.83. The van der Waals surface area contributed by atoms with Gasteiger partial charge >= 0.3 is 5.97 Å². The van der Waals surface area contributed by atoms with E-state index in [4.69, 9.17) is 25.6 Å². The minimum atomic E-state index is -0.943. The summed E-state index contributed by atoms with van der Waals surface area (Å²) in [4.78, 5) is 31.0. The van der Waals surface area contributed by atoms with Crippen LogP contribution in [0.25, 0.3) is 0 Å². The zero-order valence-electron chi connectivity index (χ0n) is 13.2. The van der Waals surface area contributed by atoms with Crippen LogP contribution in [0.15, 0.2) is 24.3 Å². The van der Waals surface area contributed by atoms with Crippen LogP contribution < -0.4 is 0 Å². The average molecular weight is 375 g/mol. The van der Waals surface area contributed by atoms with Crippen molar-refractivity contribution in [1.82, 2.24) is 10.8 Å².